The molecule has 0 spiro atoms. The molecule has 0 aromatic heterocycles. The molecule has 19 heavy (non-hydrogen) atoms. The van der Waals surface area contributed by atoms with Crippen LogP contribution < -0.4 is 5.32 Å². The van der Waals surface area contributed by atoms with Gasteiger partial charge in [-0.05, 0) is 35.7 Å². The van der Waals surface area contributed by atoms with Crippen LogP contribution in [-0.4, -0.2) is 18.2 Å². The molecule has 0 bridgehead atoms. The summed E-state index contributed by atoms with van der Waals surface area (Å²) in [4.78, 5) is 33.0. The predicted octanol–water partition coefficient (Wildman–Crippen LogP) is 2.50. The Labute approximate surface area is 112 Å². The Morgan fingerprint density at radius 2 is 1.89 bits per heavy atom. The highest BCUT2D eigenvalue weighted by Crippen LogP contribution is 2.12. The summed E-state index contributed by atoms with van der Waals surface area (Å²) in [6.45, 7) is 2.38. The SMILES string of the molecule is CCCCC(=O)C(=O)NCCc1ccc(N=O)cc1. The molecule has 1 amide bonds. The first-order chi connectivity index (χ1) is 9.17. The van der Waals surface area contributed by atoms with Crippen molar-refractivity contribution in [2.75, 3.05) is 6.54 Å². The van der Waals surface area contributed by atoms with Crippen LogP contribution in [0.15, 0.2) is 29.4 Å². The van der Waals surface area contributed by atoms with Crippen molar-refractivity contribution in [2.24, 2.45) is 5.18 Å². The van der Waals surface area contributed by atoms with Crippen molar-refractivity contribution in [1.82, 2.24) is 5.32 Å². The van der Waals surface area contributed by atoms with Gasteiger partial charge in [-0.25, -0.2) is 0 Å². The number of nitrogens with zero attached hydrogens (tertiary/aromatic N) is 1. The fourth-order valence-electron chi connectivity index (χ4n) is 1.59. The number of unbranched alkanes of at least 4 members (excludes halogenated alkanes) is 1. The molecule has 1 rings (SSSR count). The molecule has 1 aromatic carbocycles. The number of Topliss-reactive ketones (excluding diaryl/α,β-unsaturated/α-hetero) is 1. The zero-order valence-electron chi connectivity index (χ0n) is 11.0. The minimum Gasteiger partial charge on any atom is -0.349 e. The van der Waals surface area contributed by atoms with E-state index >= 15 is 0 Å². The third kappa shape index (κ3) is 5.42. The molecule has 5 nitrogen and oxygen atoms in total. The van der Waals surface area contributed by atoms with Gasteiger partial charge in [0.25, 0.3) is 5.91 Å². The maximum Gasteiger partial charge on any atom is 0.287 e. The first-order valence-corrected chi connectivity index (χ1v) is 6.40. The molecule has 0 fully saturated rings. The van der Waals surface area contributed by atoms with E-state index in [0.29, 0.717) is 25.1 Å². The maximum absolute atomic E-state index is 11.4. The number of nitrogens with one attached hydrogen (secondary N) is 1. The van der Waals surface area contributed by atoms with E-state index in [1.165, 1.54) is 0 Å². The number of hydrogen-bond donors (Lipinski definition) is 1. The second-order valence-electron chi connectivity index (χ2n) is 4.29. The number of carbonyl (C=O) groups is 2. The van der Waals surface area contributed by atoms with Crippen molar-refractivity contribution >= 4 is 17.4 Å². The Kier molecular flexibility index (Phi) is 6.43. The van der Waals surface area contributed by atoms with E-state index in [1.54, 1.807) is 24.3 Å². The molecule has 0 aliphatic rings. The lowest BCUT2D eigenvalue weighted by Crippen LogP contribution is -2.32. The molecule has 102 valence electrons. The summed E-state index contributed by atoms with van der Waals surface area (Å²) in [5.41, 5.74) is 1.36. The Balaban J connectivity index is 2.30. The van der Waals surface area contributed by atoms with E-state index < -0.39 is 5.91 Å². The highest BCUT2D eigenvalue weighted by molar-refractivity contribution is 6.36. The topological polar surface area (TPSA) is 75.6 Å². The zero-order valence-corrected chi connectivity index (χ0v) is 11.0. The molecular weight excluding hydrogens is 244 g/mol. The van der Waals surface area contributed by atoms with Crippen LogP contribution in [0.4, 0.5) is 5.69 Å². The highest BCUT2D eigenvalue weighted by atomic mass is 16.3. The van der Waals surface area contributed by atoms with E-state index in [-0.39, 0.29) is 5.78 Å². The zero-order chi connectivity index (χ0) is 14.1. The van der Waals surface area contributed by atoms with Gasteiger partial charge >= 0.3 is 0 Å². The van der Waals surface area contributed by atoms with Crippen molar-refractivity contribution in [3.8, 4) is 0 Å². The Morgan fingerprint density at radius 3 is 2.47 bits per heavy atom. The molecule has 0 heterocycles. The highest BCUT2D eigenvalue weighted by Gasteiger charge is 2.11. The van der Waals surface area contributed by atoms with Gasteiger partial charge in [0.1, 0.15) is 5.69 Å². The van der Waals surface area contributed by atoms with Crippen LogP contribution >= 0.6 is 0 Å². The second-order valence-corrected chi connectivity index (χ2v) is 4.29. The Morgan fingerprint density at radius 1 is 1.21 bits per heavy atom. The van der Waals surface area contributed by atoms with Crippen LogP contribution in [0, 0.1) is 4.91 Å². The van der Waals surface area contributed by atoms with E-state index in [2.05, 4.69) is 10.5 Å². The third-order valence-corrected chi connectivity index (χ3v) is 2.75. The van der Waals surface area contributed by atoms with Crippen LogP contribution in [0.1, 0.15) is 31.7 Å². The van der Waals surface area contributed by atoms with Crippen LogP contribution in [0.3, 0.4) is 0 Å². The van der Waals surface area contributed by atoms with Gasteiger partial charge < -0.3 is 5.32 Å². The first kappa shape index (κ1) is 15.0. The van der Waals surface area contributed by atoms with Crippen LogP contribution in [0.2, 0.25) is 0 Å². The number of carbonyl (C=O) groups excluding carboxylic acids is 2. The summed E-state index contributed by atoms with van der Waals surface area (Å²) in [6, 6.07) is 6.80. The van der Waals surface area contributed by atoms with Crippen LogP contribution in [-0.2, 0) is 16.0 Å². The monoisotopic (exact) mass is 262 g/mol. The quantitative estimate of drug-likeness (QED) is 0.577. The van der Waals surface area contributed by atoms with Gasteiger partial charge in [0, 0.05) is 13.0 Å². The second kappa shape index (κ2) is 8.13. The summed E-state index contributed by atoms with van der Waals surface area (Å²) in [5.74, 6) is -0.873. The van der Waals surface area contributed by atoms with E-state index in [9.17, 15) is 14.5 Å². The molecular formula is C14H18N2O3. The van der Waals surface area contributed by atoms with Crippen molar-refractivity contribution in [3.63, 3.8) is 0 Å². The fourth-order valence-corrected chi connectivity index (χ4v) is 1.59. The normalized spacial score (nSPS) is 9.95. The summed E-state index contributed by atoms with van der Waals surface area (Å²) in [6.07, 6.45) is 2.57. The van der Waals surface area contributed by atoms with Gasteiger partial charge in [-0.3, -0.25) is 9.59 Å². The number of nitroso groups, excluding NO2 is 1. The van der Waals surface area contributed by atoms with Gasteiger partial charge in [0.2, 0.25) is 5.78 Å². The van der Waals surface area contributed by atoms with Gasteiger partial charge in [0.15, 0.2) is 0 Å². The molecule has 0 saturated heterocycles. The van der Waals surface area contributed by atoms with Crippen molar-refractivity contribution in [3.05, 3.63) is 34.7 Å². The van der Waals surface area contributed by atoms with Gasteiger partial charge in [-0.15, -0.1) is 4.91 Å². The summed E-state index contributed by atoms with van der Waals surface area (Å²) < 4.78 is 0. The third-order valence-electron chi connectivity index (χ3n) is 2.75. The van der Waals surface area contributed by atoms with Gasteiger partial charge in [-0.2, -0.15) is 0 Å². The number of hydrogen-bond acceptors (Lipinski definition) is 4. The minimum absolute atomic E-state index is 0.308. The molecule has 0 unspecified atom stereocenters. The molecule has 1 N–H and O–H groups in total. The molecule has 0 radical (unpaired) electrons. The lowest BCUT2D eigenvalue weighted by Gasteiger charge is -2.04. The molecule has 0 aliphatic carbocycles. The first-order valence-electron chi connectivity index (χ1n) is 6.40. The molecule has 0 atom stereocenters. The van der Waals surface area contributed by atoms with E-state index in [0.717, 1.165) is 18.4 Å². The van der Waals surface area contributed by atoms with Gasteiger partial charge in [0.05, 0.1) is 0 Å². The lowest BCUT2D eigenvalue weighted by atomic mass is 10.1. The molecule has 1 aromatic rings. The van der Waals surface area contributed by atoms with Crippen molar-refractivity contribution in [2.45, 2.75) is 32.6 Å². The average molecular weight is 262 g/mol. The molecule has 0 saturated carbocycles. The maximum atomic E-state index is 11.4. The van der Waals surface area contributed by atoms with Crippen molar-refractivity contribution < 1.29 is 9.59 Å². The predicted molar refractivity (Wildman–Crippen MR) is 73.1 cm³/mol. The fraction of sp³-hybridized carbons (Fsp3) is 0.429. The van der Waals surface area contributed by atoms with E-state index in [4.69, 9.17) is 0 Å². The lowest BCUT2D eigenvalue weighted by molar-refractivity contribution is -0.137. The minimum atomic E-state index is -0.514. The Bertz CT molecular complexity index is 441. The molecule has 5 heteroatoms. The van der Waals surface area contributed by atoms with Crippen LogP contribution in [0.25, 0.3) is 0 Å². The number of ketones is 1. The Hall–Kier alpha value is -2.04. The smallest absolute Gasteiger partial charge is 0.287 e. The van der Waals surface area contributed by atoms with Crippen LogP contribution in [0.5, 0.6) is 0 Å². The number of amides is 1. The largest absolute Gasteiger partial charge is 0.349 e. The van der Waals surface area contributed by atoms with Crippen molar-refractivity contribution in [1.29, 1.82) is 0 Å². The molecule has 0 aliphatic heterocycles. The van der Waals surface area contributed by atoms with Gasteiger partial charge in [-0.1, -0.05) is 25.5 Å². The number of rotatable bonds is 8. The summed E-state index contributed by atoms with van der Waals surface area (Å²) in [7, 11) is 0. The average Bonchev–Trinajstić information content (AvgIpc) is 2.45. The standard InChI is InChI=1S/C14H18N2O3/c1-2-3-4-13(17)14(18)15-10-9-11-5-7-12(16-19)8-6-11/h5-8H,2-4,9-10H2,1H3,(H,15,18). The van der Waals surface area contributed by atoms with E-state index in [1.807, 2.05) is 6.92 Å². The number of benzene rings is 1. The summed E-state index contributed by atoms with van der Waals surface area (Å²) in [5, 5.41) is 5.40. The summed E-state index contributed by atoms with van der Waals surface area (Å²) >= 11 is 0.